The number of Topliss-reactive ketones (excluding diaryl/α,β-unsaturated/α-hetero) is 1. The number of phenols is 1. The van der Waals surface area contributed by atoms with E-state index < -0.39 is 0 Å². The maximum atomic E-state index is 12.4. The standard InChI is InChI=1S/C17H16N4O4S/c1-11(22)19-14-7-12(4-5-15(14)23)16(24)9-26-17-20-18-10-21(17)8-13-3-2-6-25-13/h2-7,10,23H,8-9H2,1H3,(H,19,22). The highest BCUT2D eigenvalue weighted by atomic mass is 32.2. The second-order valence-electron chi connectivity index (χ2n) is 5.45. The first-order valence-electron chi connectivity index (χ1n) is 7.69. The van der Waals surface area contributed by atoms with E-state index in [1.807, 2.05) is 6.07 Å². The van der Waals surface area contributed by atoms with Crippen LogP contribution in [0.4, 0.5) is 5.69 Å². The van der Waals surface area contributed by atoms with E-state index in [1.165, 1.54) is 36.9 Å². The van der Waals surface area contributed by atoms with Gasteiger partial charge < -0.3 is 19.4 Å². The molecule has 0 atom stereocenters. The largest absolute Gasteiger partial charge is 0.506 e. The van der Waals surface area contributed by atoms with E-state index in [4.69, 9.17) is 4.42 Å². The van der Waals surface area contributed by atoms with Crippen LogP contribution in [-0.4, -0.2) is 37.3 Å². The van der Waals surface area contributed by atoms with Gasteiger partial charge in [0.05, 0.1) is 24.2 Å². The number of nitrogens with zero attached hydrogens (tertiary/aromatic N) is 3. The lowest BCUT2D eigenvalue weighted by atomic mass is 10.1. The van der Waals surface area contributed by atoms with Gasteiger partial charge in [0.2, 0.25) is 5.91 Å². The van der Waals surface area contributed by atoms with Gasteiger partial charge >= 0.3 is 0 Å². The number of phenolic OH excluding ortho intramolecular Hbond substituents is 1. The van der Waals surface area contributed by atoms with Gasteiger partial charge in [-0.1, -0.05) is 11.8 Å². The van der Waals surface area contributed by atoms with Gasteiger partial charge in [0.15, 0.2) is 10.9 Å². The van der Waals surface area contributed by atoms with Crippen LogP contribution in [0.15, 0.2) is 52.5 Å². The molecule has 0 unspecified atom stereocenters. The van der Waals surface area contributed by atoms with Crippen LogP contribution in [0.5, 0.6) is 5.75 Å². The second kappa shape index (κ2) is 7.87. The van der Waals surface area contributed by atoms with Crippen molar-refractivity contribution in [3.63, 3.8) is 0 Å². The highest BCUT2D eigenvalue weighted by molar-refractivity contribution is 7.99. The molecular formula is C17H16N4O4S. The Labute approximate surface area is 153 Å². The maximum Gasteiger partial charge on any atom is 0.221 e. The SMILES string of the molecule is CC(=O)Nc1cc(C(=O)CSc2nncn2Cc2ccco2)ccc1O. The first-order valence-corrected chi connectivity index (χ1v) is 8.68. The summed E-state index contributed by atoms with van der Waals surface area (Å²) in [5, 5.41) is 20.7. The maximum absolute atomic E-state index is 12.4. The minimum Gasteiger partial charge on any atom is -0.506 e. The average molecular weight is 372 g/mol. The number of aromatic hydroxyl groups is 1. The number of hydrogen-bond acceptors (Lipinski definition) is 7. The Morgan fingerprint density at radius 3 is 2.92 bits per heavy atom. The zero-order chi connectivity index (χ0) is 18.5. The topological polar surface area (TPSA) is 110 Å². The highest BCUT2D eigenvalue weighted by Gasteiger charge is 2.14. The molecule has 26 heavy (non-hydrogen) atoms. The number of thioether (sulfide) groups is 1. The number of hydrogen-bond donors (Lipinski definition) is 2. The number of furan rings is 1. The van der Waals surface area contributed by atoms with Crippen LogP contribution in [0.1, 0.15) is 23.0 Å². The van der Waals surface area contributed by atoms with Gasteiger partial charge in [-0.05, 0) is 30.3 Å². The summed E-state index contributed by atoms with van der Waals surface area (Å²) in [6.07, 6.45) is 3.16. The third kappa shape index (κ3) is 4.31. The number of rotatable bonds is 7. The molecule has 0 radical (unpaired) electrons. The number of carbonyl (C=O) groups is 2. The Morgan fingerprint density at radius 1 is 1.35 bits per heavy atom. The molecule has 3 rings (SSSR count). The van der Waals surface area contributed by atoms with Gasteiger partial charge in [0, 0.05) is 12.5 Å². The smallest absolute Gasteiger partial charge is 0.221 e. The molecule has 9 heteroatoms. The predicted molar refractivity (Wildman–Crippen MR) is 95.3 cm³/mol. The van der Waals surface area contributed by atoms with E-state index in [1.54, 1.807) is 23.2 Å². The van der Waals surface area contributed by atoms with Crippen LogP contribution in [-0.2, 0) is 11.3 Å². The zero-order valence-electron chi connectivity index (χ0n) is 13.9. The Hall–Kier alpha value is -3.07. The summed E-state index contributed by atoms with van der Waals surface area (Å²) in [6.45, 7) is 1.80. The number of anilines is 1. The molecule has 0 aliphatic rings. The lowest BCUT2D eigenvalue weighted by Gasteiger charge is -2.08. The highest BCUT2D eigenvalue weighted by Crippen LogP contribution is 2.25. The van der Waals surface area contributed by atoms with Gasteiger partial charge in [-0.25, -0.2) is 0 Å². The molecule has 1 aromatic carbocycles. The van der Waals surface area contributed by atoms with Crippen LogP contribution in [0.2, 0.25) is 0 Å². The van der Waals surface area contributed by atoms with Gasteiger partial charge in [-0.2, -0.15) is 0 Å². The summed E-state index contributed by atoms with van der Waals surface area (Å²) >= 11 is 1.25. The molecule has 2 aromatic heterocycles. The molecule has 0 saturated heterocycles. The molecule has 2 heterocycles. The van der Waals surface area contributed by atoms with Crippen molar-refractivity contribution in [1.29, 1.82) is 0 Å². The van der Waals surface area contributed by atoms with E-state index in [9.17, 15) is 14.7 Å². The van der Waals surface area contributed by atoms with Gasteiger partial charge in [0.1, 0.15) is 17.8 Å². The number of ketones is 1. The fourth-order valence-corrected chi connectivity index (χ4v) is 3.06. The van der Waals surface area contributed by atoms with E-state index in [2.05, 4.69) is 15.5 Å². The molecule has 0 saturated carbocycles. The van der Waals surface area contributed by atoms with Gasteiger partial charge in [-0.15, -0.1) is 10.2 Å². The van der Waals surface area contributed by atoms with Crippen molar-refractivity contribution in [3.05, 3.63) is 54.2 Å². The van der Waals surface area contributed by atoms with E-state index in [0.29, 0.717) is 17.3 Å². The predicted octanol–water partition coefficient (Wildman–Crippen LogP) is 2.56. The van der Waals surface area contributed by atoms with Crippen molar-refractivity contribution in [2.45, 2.75) is 18.6 Å². The minimum absolute atomic E-state index is 0.0948. The van der Waals surface area contributed by atoms with E-state index in [0.717, 1.165) is 5.76 Å². The third-order valence-corrected chi connectivity index (χ3v) is 4.43. The van der Waals surface area contributed by atoms with Crippen LogP contribution in [0.25, 0.3) is 0 Å². The number of carbonyl (C=O) groups excluding carboxylic acids is 2. The van der Waals surface area contributed by atoms with Gasteiger partial charge in [0.25, 0.3) is 0 Å². The molecule has 0 spiro atoms. The van der Waals surface area contributed by atoms with Crippen molar-refractivity contribution in [2.24, 2.45) is 0 Å². The molecule has 134 valence electrons. The molecule has 2 N–H and O–H groups in total. The van der Waals surface area contributed by atoms with Crippen molar-refractivity contribution in [2.75, 3.05) is 11.1 Å². The zero-order valence-corrected chi connectivity index (χ0v) is 14.7. The summed E-state index contributed by atoms with van der Waals surface area (Å²) < 4.78 is 7.09. The summed E-state index contributed by atoms with van der Waals surface area (Å²) in [6, 6.07) is 7.99. The Morgan fingerprint density at radius 2 is 2.19 bits per heavy atom. The number of amides is 1. The Bertz CT molecular complexity index is 921. The number of aromatic nitrogens is 3. The summed E-state index contributed by atoms with van der Waals surface area (Å²) in [5.41, 5.74) is 0.588. The molecule has 8 nitrogen and oxygen atoms in total. The number of nitrogens with one attached hydrogen (secondary N) is 1. The van der Waals surface area contributed by atoms with Crippen LogP contribution in [0.3, 0.4) is 0 Å². The fraction of sp³-hybridized carbons (Fsp3) is 0.176. The minimum atomic E-state index is -0.328. The van der Waals surface area contributed by atoms with E-state index >= 15 is 0 Å². The Balaban J connectivity index is 1.66. The third-order valence-electron chi connectivity index (χ3n) is 3.45. The summed E-state index contributed by atoms with van der Waals surface area (Å²) in [7, 11) is 0. The molecule has 0 bridgehead atoms. The lowest BCUT2D eigenvalue weighted by Crippen LogP contribution is -2.09. The van der Waals surface area contributed by atoms with Crippen LogP contribution >= 0.6 is 11.8 Å². The Kier molecular flexibility index (Phi) is 5.37. The first-order chi connectivity index (χ1) is 12.5. The molecule has 0 fully saturated rings. The normalized spacial score (nSPS) is 10.7. The number of benzene rings is 1. The first kappa shape index (κ1) is 17.7. The van der Waals surface area contributed by atoms with Gasteiger partial charge in [-0.3, -0.25) is 9.59 Å². The second-order valence-corrected chi connectivity index (χ2v) is 6.39. The quantitative estimate of drug-likeness (QED) is 0.372. The van der Waals surface area contributed by atoms with Crippen LogP contribution in [0, 0.1) is 0 Å². The monoisotopic (exact) mass is 372 g/mol. The molecule has 3 aromatic rings. The van der Waals surface area contributed by atoms with E-state index in [-0.39, 0.29) is 28.9 Å². The lowest BCUT2D eigenvalue weighted by molar-refractivity contribution is -0.114. The average Bonchev–Trinajstić information content (AvgIpc) is 3.27. The van der Waals surface area contributed by atoms with Crippen molar-refractivity contribution in [1.82, 2.24) is 14.8 Å². The molecular weight excluding hydrogens is 356 g/mol. The van der Waals surface area contributed by atoms with Crippen molar-refractivity contribution in [3.8, 4) is 5.75 Å². The van der Waals surface area contributed by atoms with Crippen molar-refractivity contribution >= 4 is 29.1 Å². The van der Waals surface area contributed by atoms with Crippen LogP contribution < -0.4 is 5.32 Å². The summed E-state index contributed by atoms with van der Waals surface area (Å²) in [4.78, 5) is 23.6. The fourth-order valence-electron chi connectivity index (χ4n) is 2.25. The van der Waals surface area contributed by atoms with Crippen molar-refractivity contribution < 1.29 is 19.1 Å². The molecule has 1 amide bonds. The molecule has 0 aliphatic heterocycles. The molecule has 0 aliphatic carbocycles. The summed E-state index contributed by atoms with van der Waals surface area (Å²) in [5.74, 6) is 0.319.